The minimum Gasteiger partial charge on any atom is -0.488 e. The molecule has 2 aliphatic carbocycles. The number of amides is 2. The van der Waals surface area contributed by atoms with Crippen molar-refractivity contribution < 1.29 is 33.5 Å². The maximum absolute atomic E-state index is 12.1. The van der Waals surface area contributed by atoms with Gasteiger partial charge < -0.3 is 34.5 Å². The van der Waals surface area contributed by atoms with E-state index in [1.165, 1.54) is 11.6 Å². The van der Waals surface area contributed by atoms with Crippen LogP contribution in [-0.4, -0.2) is 76.5 Å². The Morgan fingerprint density at radius 2 is 1.18 bits per heavy atom. The third kappa shape index (κ3) is 11.7. The molecule has 51 heavy (non-hydrogen) atoms. The molecule has 2 aromatic rings. The summed E-state index contributed by atoms with van der Waals surface area (Å²) < 4.78 is 22.4. The number of nitrogen functional groups attached to an aromatic ring is 1. The van der Waals surface area contributed by atoms with Crippen molar-refractivity contribution in [3.63, 3.8) is 0 Å². The molecule has 0 unspecified atom stereocenters. The quantitative estimate of drug-likeness (QED) is 0.170. The number of nitro groups is 1. The largest absolute Gasteiger partial charge is 0.488 e. The highest BCUT2D eigenvalue weighted by Crippen LogP contribution is 2.37. The Hall–Kier alpha value is -4.74. The van der Waals surface area contributed by atoms with Crippen LogP contribution in [0.2, 0.25) is 0 Å². The van der Waals surface area contributed by atoms with E-state index in [9.17, 15) is 19.7 Å². The summed E-state index contributed by atoms with van der Waals surface area (Å²) in [6, 6.07) is 10.9. The average Bonchev–Trinajstić information content (AvgIpc) is 3.99. The van der Waals surface area contributed by atoms with Crippen LogP contribution in [0.1, 0.15) is 98.6 Å². The Morgan fingerprint density at radius 1 is 0.745 bits per heavy atom. The first kappa shape index (κ1) is 39.1. The lowest BCUT2D eigenvalue weighted by molar-refractivity contribution is -0.385. The number of carbonyl (C=O) groups is 2. The number of nitrogens with zero attached hydrogens (tertiary/aromatic N) is 3. The summed E-state index contributed by atoms with van der Waals surface area (Å²) in [4.78, 5) is 38.4. The maximum atomic E-state index is 12.1. The lowest BCUT2D eigenvalue weighted by Crippen LogP contribution is -2.39. The Balaban J connectivity index is 0.000000225. The van der Waals surface area contributed by atoms with Crippen molar-refractivity contribution in [2.24, 2.45) is 0 Å². The standard InChI is InChI=1S/C19H24N2O5.C19H26N2O3.CH4/c1-19(2,3)26-18(22)20-10-8-13(9-11-20)14-4-7-16(21(23)24)17(12-14)25-15-5-6-15;1-19(2,3)24-18(22)21-10-8-13(9-11-21)14-4-7-16(20)17(12-14)23-15-5-6-15;/h4,7-8,12,15H,5-6,9-11H2,1-3H3;4,7-8,12,15H,5-6,9-11,20H2,1-3H3;1H4. The van der Waals surface area contributed by atoms with E-state index in [0.717, 1.165) is 54.6 Å². The van der Waals surface area contributed by atoms with Gasteiger partial charge in [0.2, 0.25) is 0 Å². The second-order valence-electron chi connectivity index (χ2n) is 15.1. The van der Waals surface area contributed by atoms with Crippen LogP contribution in [-0.2, 0) is 9.47 Å². The van der Waals surface area contributed by atoms with Crippen LogP contribution in [0.4, 0.5) is 21.0 Å². The highest BCUT2D eigenvalue weighted by Gasteiger charge is 2.29. The fourth-order valence-corrected chi connectivity index (χ4v) is 5.37. The van der Waals surface area contributed by atoms with E-state index >= 15 is 0 Å². The number of carbonyl (C=O) groups excluding carboxylic acids is 2. The molecule has 2 aliphatic heterocycles. The lowest BCUT2D eigenvalue weighted by atomic mass is 9.99. The number of anilines is 1. The van der Waals surface area contributed by atoms with Crippen LogP contribution in [0.15, 0.2) is 48.6 Å². The minimum atomic E-state index is -0.519. The molecule has 2 N–H and O–H groups in total. The molecule has 12 heteroatoms. The lowest BCUT2D eigenvalue weighted by Gasteiger charge is -2.29. The molecule has 2 aromatic carbocycles. The van der Waals surface area contributed by atoms with Crippen LogP contribution in [0, 0.1) is 10.1 Å². The summed E-state index contributed by atoms with van der Waals surface area (Å²) in [5.74, 6) is 1.09. The van der Waals surface area contributed by atoms with E-state index < -0.39 is 16.1 Å². The van der Waals surface area contributed by atoms with E-state index in [-0.39, 0.29) is 31.4 Å². The first-order chi connectivity index (χ1) is 23.5. The minimum absolute atomic E-state index is 0. The van der Waals surface area contributed by atoms with Gasteiger partial charge in [-0.3, -0.25) is 10.1 Å². The molecule has 278 valence electrons. The van der Waals surface area contributed by atoms with E-state index in [0.29, 0.717) is 50.1 Å². The topological polar surface area (TPSA) is 147 Å². The number of benzene rings is 2. The highest BCUT2D eigenvalue weighted by molar-refractivity contribution is 5.75. The molecule has 4 aliphatic rings. The van der Waals surface area contributed by atoms with Crippen LogP contribution < -0.4 is 15.2 Å². The Labute approximate surface area is 301 Å². The normalized spacial score (nSPS) is 17.5. The van der Waals surface area contributed by atoms with E-state index in [1.807, 2.05) is 65.8 Å². The van der Waals surface area contributed by atoms with Gasteiger partial charge in [0.25, 0.3) is 0 Å². The molecule has 0 aromatic heterocycles. The zero-order chi connectivity index (χ0) is 36.2. The summed E-state index contributed by atoms with van der Waals surface area (Å²) in [6.07, 6.45) is 9.44. The SMILES string of the molecule is C.CC(C)(C)OC(=O)N1CC=C(c2ccc(N)c(OC3CC3)c2)CC1.CC(C)(C)OC(=O)N1CC=C(c2ccc([N+](=O)[O-])c(OC3CC3)c2)CC1. The van der Waals surface area contributed by atoms with E-state index in [1.54, 1.807) is 21.9 Å². The molecule has 2 fully saturated rings. The summed E-state index contributed by atoms with van der Waals surface area (Å²) >= 11 is 0. The van der Waals surface area contributed by atoms with Gasteiger partial charge in [-0.15, -0.1) is 0 Å². The molecule has 2 saturated carbocycles. The van der Waals surface area contributed by atoms with E-state index in [4.69, 9.17) is 24.7 Å². The van der Waals surface area contributed by atoms with E-state index in [2.05, 4.69) is 6.08 Å². The maximum Gasteiger partial charge on any atom is 0.410 e. The zero-order valence-electron chi connectivity index (χ0n) is 30.0. The molecular formula is C39H54N4O8. The monoisotopic (exact) mass is 706 g/mol. The fourth-order valence-electron chi connectivity index (χ4n) is 5.37. The number of rotatable bonds is 7. The van der Waals surface area contributed by atoms with Gasteiger partial charge in [0.05, 0.1) is 22.8 Å². The smallest absolute Gasteiger partial charge is 0.410 e. The number of nitro benzene ring substituents is 1. The van der Waals surface area contributed by atoms with Gasteiger partial charge in [-0.05, 0) is 127 Å². The average molecular weight is 707 g/mol. The van der Waals surface area contributed by atoms with Gasteiger partial charge in [-0.25, -0.2) is 9.59 Å². The van der Waals surface area contributed by atoms with Crippen molar-refractivity contribution in [3.8, 4) is 11.5 Å². The van der Waals surface area contributed by atoms with Crippen LogP contribution in [0.3, 0.4) is 0 Å². The van der Waals surface area contributed by atoms with Crippen molar-refractivity contribution in [2.45, 2.75) is 111 Å². The molecule has 6 rings (SSSR count). The number of nitrogens with two attached hydrogens (primary N) is 1. The molecule has 0 spiro atoms. The second-order valence-corrected chi connectivity index (χ2v) is 15.1. The van der Waals surface area contributed by atoms with Crippen LogP contribution in [0.5, 0.6) is 11.5 Å². The van der Waals surface area contributed by atoms with Crippen molar-refractivity contribution in [2.75, 3.05) is 31.9 Å². The summed E-state index contributed by atoms with van der Waals surface area (Å²) in [5.41, 5.74) is 9.97. The van der Waals surface area contributed by atoms with Crippen molar-refractivity contribution in [1.82, 2.24) is 9.80 Å². The van der Waals surface area contributed by atoms with Crippen molar-refractivity contribution >= 4 is 34.7 Å². The molecule has 0 atom stereocenters. The third-order valence-electron chi connectivity index (χ3n) is 8.27. The van der Waals surface area contributed by atoms with Crippen LogP contribution in [0.25, 0.3) is 11.1 Å². The summed E-state index contributed by atoms with van der Waals surface area (Å²) in [5, 5.41) is 11.2. The number of ether oxygens (including phenoxy) is 4. The van der Waals surface area contributed by atoms with Crippen LogP contribution >= 0.6 is 0 Å². The highest BCUT2D eigenvalue weighted by atomic mass is 16.6. The van der Waals surface area contributed by atoms with Crippen molar-refractivity contribution in [3.05, 3.63) is 69.8 Å². The molecule has 12 nitrogen and oxygen atoms in total. The zero-order valence-corrected chi connectivity index (χ0v) is 30.0. The molecule has 2 amide bonds. The van der Waals surface area contributed by atoms with Gasteiger partial charge in [0.1, 0.15) is 17.0 Å². The Morgan fingerprint density at radius 3 is 1.57 bits per heavy atom. The molecule has 0 bridgehead atoms. The Bertz CT molecular complexity index is 1650. The molecular weight excluding hydrogens is 652 g/mol. The summed E-state index contributed by atoms with van der Waals surface area (Å²) in [7, 11) is 0. The Kier molecular flexibility index (Phi) is 12.3. The first-order valence-corrected chi connectivity index (χ1v) is 17.4. The third-order valence-corrected chi connectivity index (χ3v) is 8.27. The van der Waals surface area contributed by atoms with Gasteiger partial charge in [0, 0.05) is 32.2 Å². The number of hydrogen-bond donors (Lipinski definition) is 1. The van der Waals surface area contributed by atoms with Crippen molar-refractivity contribution in [1.29, 1.82) is 0 Å². The number of hydrogen-bond acceptors (Lipinski definition) is 9. The van der Waals surface area contributed by atoms with Gasteiger partial charge in [0.15, 0.2) is 5.75 Å². The second kappa shape index (κ2) is 16.1. The molecule has 0 saturated heterocycles. The fraction of sp³-hybridized carbons (Fsp3) is 0.538. The van der Waals surface area contributed by atoms with Gasteiger partial charge in [-0.2, -0.15) is 0 Å². The van der Waals surface area contributed by atoms with Gasteiger partial charge >= 0.3 is 17.9 Å². The van der Waals surface area contributed by atoms with Gasteiger partial charge in [-0.1, -0.05) is 25.6 Å². The molecule has 2 heterocycles. The predicted molar refractivity (Wildman–Crippen MR) is 199 cm³/mol. The predicted octanol–water partition coefficient (Wildman–Crippen LogP) is 8.63. The first-order valence-electron chi connectivity index (χ1n) is 17.4. The molecule has 0 radical (unpaired) electrons. The summed E-state index contributed by atoms with van der Waals surface area (Å²) in [6.45, 7) is 13.4.